The van der Waals surface area contributed by atoms with Crippen LogP contribution in [-0.2, 0) is 9.30 Å². The minimum Gasteiger partial charge on any atom is -0.444 e. The summed E-state index contributed by atoms with van der Waals surface area (Å²) in [5.74, 6) is 0.735. The Balaban J connectivity index is 2.00. The maximum absolute atomic E-state index is 14.5. The third-order valence-corrected chi connectivity index (χ3v) is 7.49. The fraction of sp³-hybridized carbons (Fsp3) is 0.304. The van der Waals surface area contributed by atoms with Gasteiger partial charge >= 0.3 is 6.09 Å². The van der Waals surface area contributed by atoms with Gasteiger partial charge in [-0.3, -0.25) is 0 Å². The van der Waals surface area contributed by atoms with E-state index in [9.17, 15) is 9.36 Å². The molecule has 1 heterocycles. The number of benzene rings is 2. The van der Waals surface area contributed by atoms with E-state index in [1.165, 1.54) is 0 Å². The number of hydrogen-bond acceptors (Lipinski definition) is 5. The lowest BCUT2D eigenvalue weighted by molar-refractivity contribution is 0.0500. The summed E-state index contributed by atoms with van der Waals surface area (Å²) in [6, 6.07) is 18.0. The van der Waals surface area contributed by atoms with Gasteiger partial charge in [0.2, 0.25) is 5.89 Å². The number of aryl methyl sites for hydroxylation is 1. The van der Waals surface area contributed by atoms with Gasteiger partial charge in [-0.15, -0.1) is 0 Å². The maximum Gasteiger partial charge on any atom is 0.408 e. The summed E-state index contributed by atoms with van der Waals surface area (Å²) in [4.78, 5) is 16.7. The molecular formula is C23H27N2O4P. The Bertz CT molecular complexity index is 1010. The molecule has 1 N–H and O–H groups in total. The second kappa shape index (κ2) is 8.49. The molecule has 0 unspecified atom stereocenters. The van der Waals surface area contributed by atoms with Gasteiger partial charge in [0.05, 0.1) is 0 Å². The van der Waals surface area contributed by atoms with Crippen LogP contribution in [0.5, 0.6) is 0 Å². The van der Waals surface area contributed by atoms with Crippen LogP contribution in [0.3, 0.4) is 0 Å². The summed E-state index contributed by atoms with van der Waals surface area (Å²) in [6.45, 7) is 8.86. The predicted molar refractivity (Wildman–Crippen MR) is 118 cm³/mol. The zero-order valence-corrected chi connectivity index (χ0v) is 18.8. The van der Waals surface area contributed by atoms with Gasteiger partial charge in [-0.05, 0) is 34.6 Å². The van der Waals surface area contributed by atoms with Gasteiger partial charge < -0.3 is 19.0 Å². The topological polar surface area (TPSA) is 81.4 Å². The normalized spacial score (nSPS) is 13.0. The Morgan fingerprint density at radius 1 is 1.03 bits per heavy atom. The van der Waals surface area contributed by atoms with Gasteiger partial charge in [0.15, 0.2) is 7.14 Å². The molecule has 7 heteroatoms. The molecular weight excluding hydrogens is 399 g/mol. The predicted octanol–water partition coefficient (Wildman–Crippen LogP) is 4.21. The van der Waals surface area contributed by atoms with Crippen LogP contribution < -0.4 is 21.4 Å². The van der Waals surface area contributed by atoms with E-state index < -0.39 is 24.9 Å². The summed E-state index contributed by atoms with van der Waals surface area (Å²) in [7, 11) is -3.25. The van der Waals surface area contributed by atoms with Gasteiger partial charge in [0.1, 0.15) is 22.8 Å². The summed E-state index contributed by atoms with van der Waals surface area (Å²) < 4.78 is 25.6. The molecule has 0 aliphatic rings. The summed E-state index contributed by atoms with van der Waals surface area (Å²) >= 11 is 0. The van der Waals surface area contributed by atoms with Crippen molar-refractivity contribution in [3.63, 3.8) is 0 Å². The van der Waals surface area contributed by atoms with Gasteiger partial charge in [0.25, 0.3) is 0 Å². The number of alkyl carbamates (subject to hydrolysis) is 1. The number of nitrogens with zero attached hydrogens (tertiary/aromatic N) is 1. The Labute approximate surface area is 177 Å². The molecule has 1 atom stereocenters. The number of oxazole rings is 1. The lowest BCUT2D eigenvalue weighted by Gasteiger charge is -2.21. The third-order valence-electron chi connectivity index (χ3n) is 4.43. The molecule has 2 aromatic carbocycles. The highest BCUT2D eigenvalue weighted by Crippen LogP contribution is 2.43. The first-order chi connectivity index (χ1) is 14.1. The Morgan fingerprint density at radius 3 is 2.00 bits per heavy atom. The average Bonchev–Trinajstić information content (AvgIpc) is 3.09. The molecule has 1 amide bonds. The second-order valence-electron chi connectivity index (χ2n) is 8.08. The van der Waals surface area contributed by atoms with Crippen LogP contribution >= 0.6 is 7.14 Å². The van der Waals surface area contributed by atoms with Crippen molar-refractivity contribution in [2.75, 3.05) is 0 Å². The monoisotopic (exact) mass is 426 g/mol. The lowest BCUT2D eigenvalue weighted by atomic mass is 10.2. The molecule has 0 fully saturated rings. The number of hydrogen-bond donors (Lipinski definition) is 1. The van der Waals surface area contributed by atoms with Crippen LogP contribution in [0, 0.1) is 6.92 Å². The number of amides is 1. The number of carbonyl (C=O) groups is 1. The van der Waals surface area contributed by atoms with Crippen LogP contribution in [0.25, 0.3) is 0 Å². The SMILES string of the molecule is Cc1oc([C@@H](C)NC(=O)OC(C)(C)C)nc1P(=O)(c1ccccc1)c1ccccc1. The van der Waals surface area contributed by atoms with Gasteiger partial charge in [-0.25, -0.2) is 9.78 Å². The van der Waals surface area contributed by atoms with E-state index in [-0.39, 0.29) is 5.89 Å². The van der Waals surface area contributed by atoms with Gasteiger partial charge in [-0.2, -0.15) is 0 Å². The summed E-state index contributed by atoms with van der Waals surface area (Å²) in [6.07, 6.45) is -0.568. The fourth-order valence-corrected chi connectivity index (χ4v) is 5.80. The average molecular weight is 426 g/mol. The number of rotatable bonds is 5. The number of nitrogens with one attached hydrogen (secondary N) is 1. The molecule has 0 saturated carbocycles. The first-order valence-corrected chi connectivity index (χ1v) is 11.5. The minimum atomic E-state index is -3.25. The molecule has 0 aliphatic carbocycles. The van der Waals surface area contributed by atoms with Crippen LogP contribution in [0.2, 0.25) is 0 Å². The molecule has 0 bridgehead atoms. The number of ether oxygens (including phenoxy) is 1. The fourth-order valence-electron chi connectivity index (χ4n) is 3.10. The van der Waals surface area contributed by atoms with E-state index in [1.807, 2.05) is 60.7 Å². The molecule has 30 heavy (non-hydrogen) atoms. The summed E-state index contributed by atoms with van der Waals surface area (Å²) in [5.41, 5.74) is -0.231. The van der Waals surface area contributed by atoms with Crippen molar-refractivity contribution in [3.05, 3.63) is 72.3 Å². The highest BCUT2D eigenvalue weighted by atomic mass is 31.2. The third kappa shape index (κ3) is 4.65. The highest BCUT2D eigenvalue weighted by molar-refractivity contribution is 7.85. The van der Waals surface area contributed by atoms with E-state index in [1.54, 1.807) is 34.6 Å². The van der Waals surface area contributed by atoms with E-state index in [2.05, 4.69) is 10.3 Å². The zero-order valence-electron chi connectivity index (χ0n) is 17.9. The molecule has 0 aliphatic heterocycles. The molecule has 158 valence electrons. The van der Waals surface area contributed by atoms with E-state index in [0.29, 0.717) is 21.8 Å². The van der Waals surface area contributed by atoms with Crippen molar-refractivity contribution in [2.24, 2.45) is 0 Å². The van der Waals surface area contributed by atoms with Crippen molar-refractivity contribution in [2.45, 2.75) is 46.3 Å². The Hall–Kier alpha value is -2.85. The smallest absolute Gasteiger partial charge is 0.408 e. The van der Waals surface area contributed by atoms with Gasteiger partial charge in [0, 0.05) is 10.6 Å². The molecule has 0 radical (unpaired) electrons. The second-order valence-corrected chi connectivity index (χ2v) is 10.8. The first-order valence-electron chi connectivity index (χ1n) is 9.80. The van der Waals surface area contributed by atoms with E-state index in [4.69, 9.17) is 9.15 Å². The van der Waals surface area contributed by atoms with Crippen LogP contribution in [0.15, 0.2) is 65.1 Å². The van der Waals surface area contributed by atoms with Crippen molar-refractivity contribution in [1.29, 1.82) is 0 Å². The molecule has 3 rings (SSSR count). The molecule has 1 aromatic heterocycles. The molecule has 0 saturated heterocycles. The van der Waals surface area contributed by atoms with Crippen molar-refractivity contribution < 1.29 is 18.5 Å². The van der Waals surface area contributed by atoms with Crippen LogP contribution in [0.4, 0.5) is 4.79 Å². The van der Waals surface area contributed by atoms with Crippen LogP contribution in [0.1, 0.15) is 45.4 Å². The molecule has 0 spiro atoms. The molecule has 3 aromatic rings. The minimum absolute atomic E-state index is 0.278. The van der Waals surface area contributed by atoms with Gasteiger partial charge in [-0.1, -0.05) is 60.7 Å². The largest absolute Gasteiger partial charge is 0.444 e. The number of carbonyl (C=O) groups excluding carboxylic acids is 1. The first kappa shape index (κ1) is 21.8. The molecule has 6 nitrogen and oxygen atoms in total. The van der Waals surface area contributed by atoms with Crippen LogP contribution in [-0.4, -0.2) is 16.7 Å². The standard InChI is InChI=1S/C23H27N2O4P/c1-16(24-22(26)29-23(3,4)5)20-25-21(17(2)28-20)30(27,18-12-8-6-9-13-18)19-14-10-7-11-15-19/h6-16H,1-5H3,(H,24,26)/t16-/m1/s1. The lowest BCUT2D eigenvalue weighted by Crippen LogP contribution is -2.34. The number of aromatic nitrogens is 1. The Kier molecular flexibility index (Phi) is 6.18. The highest BCUT2D eigenvalue weighted by Gasteiger charge is 2.36. The van der Waals surface area contributed by atoms with Crippen molar-refractivity contribution in [1.82, 2.24) is 10.3 Å². The summed E-state index contributed by atoms with van der Waals surface area (Å²) in [5, 5.41) is 4.06. The quantitative estimate of drug-likeness (QED) is 0.618. The maximum atomic E-state index is 14.5. The Morgan fingerprint density at radius 2 is 1.53 bits per heavy atom. The van der Waals surface area contributed by atoms with Crippen molar-refractivity contribution in [3.8, 4) is 0 Å². The van der Waals surface area contributed by atoms with E-state index in [0.717, 1.165) is 0 Å². The van der Waals surface area contributed by atoms with Crippen molar-refractivity contribution >= 4 is 29.3 Å². The zero-order chi connectivity index (χ0) is 21.9. The van der Waals surface area contributed by atoms with E-state index >= 15 is 0 Å².